The van der Waals surface area contributed by atoms with Crippen molar-refractivity contribution in [3.05, 3.63) is 34.3 Å². The number of rotatable bonds is 4. The molecule has 2 atom stereocenters. The van der Waals surface area contributed by atoms with Crippen LogP contribution < -0.4 is 10.6 Å². The smallest absolute Gasteiger partial charge is 0.251 e. The quantitative estimate of drug-likeness (QED) is 0.886. The second kappa shape index (κ2) is 6.27. The summed E-state index contributed by atoms with van der Waals surface area (Å²) in [6.07, 6.45) is 6.35. The first-order valence-corrected chi connectivity index (χ1v) is 8.30. The lowest BCUT2D eigenvalue weighted by Crippen LogP contribution is -2.39. The van der Waals surface area contributed by atoms with Gasteiger partial charge in [0.15, 0.2) is 0 Å². The van der Waals surface area contributed by atoms with E-state index < -0.39 is 0 Å². The molecule has 0 aliphatic carbocycles. The number of fused-ring (bicyclic) bond motifs is 2. The van der Waals surface area contributed by atoms with Crippen LogP contribution in [-0.2, 0) is 0 Å². The van der Waals surface area contributed by atoms with Crippen LogP contribution in [0.4, 0.5) is 0 Å². The van der Waals surface area contributed by atoms with E-state index in [9.17, 15) is 4.79 Å². The second-order valence-electron chi connectivity index (χ2n) is 6.03. The van der Waals surface area contributed by atoms with Gasteiger partial charge < -0.3 is 10.6 Å². The van der Waals surface area contributed by atoms with Gasteiger partial charge in [0, 0.05) is 28.7 Å². The van der Waals surface area contributed by atoms with Crippen molar-refractivity contribution in [2.75, 3.05) is 6.54 Å². The zero-order valence-electron chi connectivity index (χ0n) is 11.6. The van der Waals surface area contributed by atoms with Gasteiger partial charge in [-0.2, -0.15) is 0 Å². The van der Waals surface area contributed by atoms with Gasteiger partial charge in [0.1, 0.15) is 0 Å². The zero-order chi connectivity index (χ0) is 13.9. The second-order valence-corrected chi connectivity index (χ2v) is 6.94. The van der Waals surface area contributed by atoms with Crippen molar-refractivity contribution in [3.63, 3.8) is 0 Å². The number of carbonyl (C=O) groups is 1. The molecule has 1 aromatic rings. The van der Waals surface area contributed by atoms with Gasteiger partial charge in [0.25, 0.3) is 5.91 Å². The molecule has 2 N–H and O–H groups in total. The van der Waals surface area contributed by atoms with E-state index in [0.717, 1.165) is 41.0 Å². The molecule has 2 saturated heterocycles. The van der Waals surface area contributed by atoms with Crippen molar-refractivity contribution in [1.82, 2.24) is 10.6 Å². The highest BCUT2D eigenvalue weighted by molar-refractivity contribution is 9.10. The summed E-state index contributed by atoms with van der Waals surface area (Å²) in [5, 5.41) is 6.70. The Labute approximate surface area is 128 Å². The lowest BCUT2D eigenvalue weighted by atomic mass is 9.90. The summed E-state index contributed by atoms with van der Waals surface area (Å²) in [6, 6.07) is 8.98. The van der Waals surface area contributed by atoms with Crippen LogP contribution in [0.15, 0.2) is 28.7 Å². The molecule has 2 bridgehead atoms. The van der Waals surface area contributed by atoms with Crippen molar-refractivity contribution in [2.24, 2.45) is 5.92 Å². The number of nitrogens with one attached hydrogen (secondary N) is 2. The number of piperidine rings is 1. The van der Waals surface area contributed by atoms with E-state index in [2.05, 4.69) is 26.6 Å². The summed E-state index contributed by atoms with van der Waals surface area (Å²) in [4.78, 5) is 12.0. The molecule has 20 heavy (non-hydrogen) atoms. The van der Waals surface area contributed by atoms with Gasteiger partial charge in [-0.25, -0.2) is 0 Å². The molecule has 3 rings (SSSR count). The van der Waals surface area contributed by atoms with Crippen molar-refractivity contribution in [2.45, 2.75) is 44.2 Å². The van der Waals surface area contributed by atoms with Crippen molar-refractivity contribution >= 4 is 21.8 Å². The minimum absolute atomic E-state index is 0.0365. The molecular formula is C16H21BrN2O. The highest BCUT2D eigenvalue weighted by Gasteiger charge is 2.32. The van der Waals surface area contributed by atoms with Crippen LogP contribution >= 0.6 is 15.9 Å². The molecular weight excluding hydrogens is 316 g/mol. The van der Waals surface area contributed by atoms with E-state index >= 15 is 0 Å². The zero-order valence-corrected chi connectivity index (χ0v) is 13.2. The Kier molecular flexibility index (Phi) is 4.41. The van der Waals surface area contributed by atoms with Crippen LogP contribution in [0.5, 0.6) is 0 Å². The van der Waals surface area contributed by atoms with Crippen LogP contribution in [0, 0.1) is 5.92 Å². The summed E-state index contributed by atoms with van der Waals surface area (Å²) in [6.45, 7) is 0.791. The van der Waals surface area contributed by atoms with Crippen LogP contribution in [0.25, 0.3) is 0 Å². The topological polar surface area (TPSA) is 41.1 Å². The molecule has 2 aliphatic heterocycles. The predicted molar refractivity (Wildman–Crippen MR) is 83.8 cm³/mol. The predicted octanol–water partition coefficient (Wildman–Crippen LogP) is 3.10. The Hall–Kier alpha value is -0.870. The fraction of sp³-hybridized carbons (Fsp3) is 0.562. The average Bonchev–Trinajstić information content (AvgIpc) is 2.78. The van der Waals surface area contributed by atoms with Crippen molar-refractivity contribution in [3.8, 4) is 0 Å². The van der Waals surface area contributed by atoms with Crippen LogP contribution in [0.1, 0.15) is 42.5 Å². The van der Waals surface area contributed by atoms with E-state index in [1.807, 2.05) is 24.3 Å². The fourth-order valence-electron chi connectivity index (χ4n) is 3.50. The van der Waals surface area contributed by atoms with E-state index in [4.69, 9.17) is 0 Å². The van der Waals surface area contributed by atoms with Crippen molar-refractivity contribution < 1.29 is 4.79 Å². The van der Waals surface area contributed by atoms with Gasteiger partial charge in [-0.05, 0) is 62.3 Å². The third kappa shape index (κ3) is 3.41. The molecule has 0 spiro atoms. The number of carbonyl (C=O) groups excluding carboxylic acids is 1. The molecule has 108 valence electrons. The fourth-order valence-corrected chi connectivity index (χ4v) is 3.77. The Bertz CT molecular complexity index is 462. The van der Waals surface area contributed by atoms with Gasteiger partial charge >= 0.3 is 0 Å². The third-order valence-corrected chi connectivity index (χ3v) is 5.04. The van der Waals surface area contributed by atoms with Crippen LogP contribution in [-0.4, -0.2) is 24.5 Å². The number of halogens is 1. The summed E-state index contributed by atoms with van der Waals surface area (Å²) in [5.41, 5.74) is 0.735. The molecule has 0 radical (unpaired) electrons. The lowest BCUT2D eigenvalue weighted by Gasteiger charge is -2.29. The SMILES string of the molecule is O=C(NCCC1CC2CCC(C1)N2)c1ccc(Br)cc1. The van der Waals surface area contributed by atoms with E-state index in [0.29, 0.717) is 0 Å². The highest BCUT2D eigenvalue weighted by atomic mass is 79.9. The molecule has 0 saturated carbocycles. The summed E-state index contributed by atoms with van der Waals surface area (Å²) in [5.74, 6) is 0.813. The molecule has 4 heteroatoms. The van der Waals surface area contributed by atoms with E-state index in [-0.39, 0.29) is 5.91 Å². The van der Waals surface area contributed by atoms with Crippen molar-refractivity contribution in [1.29, 1.82) is 0 Å². The Morgan fingerprint density at radius 1 is 1.20 bits per heavy atom. The lowest BCUT2D eigenvalue weighted by molar-refractivity contribution is 0.0950. The Morgan fingerprint density at radius 3 is 2.50 bits per heavy atom. The van der Waals surface area contributed by atoms with Gasteiger partial charge in [-0.1, -0.05) is 15.9 Å². The van der Waals surface area contributed by atoms with Crippen LogP contribution in [0.3, 0.4) is 0 Å². The first-order valence-electron chi connectivity index (χ1n) is 7.50. The number of amides is 1. The van der Waals surface area contributed by atoms with Gasteiger partial charge in [0.05, 0.1) is 0 Å². The monoisotopic (exact) mass is 336 g/mol. The Morgan fingerprint density at radius 2 is 1.85 bits per heavy atom. The molecule has 1 amide bonds. The maximum absolute atomic E-state index is 12.0. The summed E-state index contributed by atoms with van der Waals surface area (Å²) >= 11 is 3.38. The molecule has 2 fully saturated rings. The van der Waals surface area contributed by atoms with Crippen LogP contribution in [0.2, 0.25) is 0 Å². The maximum atomic E-state index is 12.0. The molecule has 0 aromatic heterocycles. The molecule has 2 unspecified atom stereocenters. The minimum Gasteiger partial charge on any atom is -0.352 e. The van der Waals surface area contributed by atoms with Gasteiger partial charge in [-0.15, -0.1) is 0 Å². The number of hydrogen-bond acceptors (Lipinski definition) is 2. The van der Waals surface area contributed by atoms with Gasteiger partial charge in [0.2, 0.25) is 0 Å². The molecule has 2 heterocycles. The number of benzene rings is 1. The third-order valence-electron chi connectivity index (χ3n) is 4.52. The van der Waals surface area contributed by atoms with Gasteiger partial charge in [-0.3, -0.25) is 4.79 Å². The summed E-state index contributed by atoms with van der Waals surface area (Å²) < 4.78 is 0.999. The summed E-state index contributed by atoms with van der Waals surface area (Å²) in [7, 11) is 0. The largest absolute Gasteiger partial charge is 0.352 e. The molecule has 1 aromatic carbocycles. The average molecular weight is 337 g/mol. The maximum Gasteiger partial charge on any atom is 0.251 e. The Balaban J connectivity index is 1.43. The minimum atomic E-state index is 0.0365. The standard InChI is InChI=1S/C16H21BrN2O/c17-13-3-1-12(2-4-13)16(20)18-8-7-11-9-14-5-6-15(10-11)19-14/h1-4,11,14-15,19H,5-10H2,(H,18,20). The molecule has 3 nitrogen and oxygen atoms in total. The highest BCUT2D eigenvalue weighted by Crippen LogP contribution is 2.32. The molecule has 2 aliphatic rings. The number of hydrogen-bond donors (Lipinski definition) is 2. The van der Waals surface area contributed by atoms with E-state index in [1.165, 1.54) is 25.7 Å². The first kappa shape index (κ1) is 14.1. The first-order chi connectivity index (χ1) is 9.70. The van der Waals surface area contributed by atoms with E-state index in [1.54, 1.807) is 0 Å². The normalized spacial score (nSPS) is 28.4.